The Hall–Kier alpha value is -4.02. The zero-order chi connectivity index (χ0) is 21.7. The number of nitrogens with zero attached hydrogens (tertiary/aromatic N) is 5. The van der Waals surface area contributed by atoms with Gasteiger partial charge in [-0.1, -0.05) is 18.2 Å². The van der Waals surface area contributed by atoms with Gasteiger partial charge >= 0.3 is 5.69 Å². The first-order valence-corrected chi connectivity index (χ1v) is 9.29. The quantitative estimate of drug-likeness (QED) is 0.432. The number of hydrogen-bond donors (Lipinski definition) is 2. The zero-order valence-corrected chi connectivity index (χ0v) is 16.5. The molecule has 3 rings (SSSR count). The van der Waals surface area contributed by atoms with Crippen LogP contribution in [0.5, 0.6) is 0 Å². The minimum Gasteiger partial charge on any atom is -0.323 e. The average Bonchev–Trinajstić information content (AvgIpc) is 3.30. The Morgan fingerprint density at radius 1 is 1.20 bits per heavy atom. The summed E-state index contributed by atoms with van der Waals surface area (Å²) in [6.45, 7) is 4.13. The summed E-state index contributed by atoms with van der Waals surface area (Å²) in [6.07, 6.45) is 2.77. The number of carbonyl (C=O) groups is 2. The molecule has 0 atom stereocenters. The van der Waals surface area contributed by atoms with Gasteiger partial charge in [-0.05, 0) is 26.0 Å². The predicted molar refractivity (Wildman–Crippen MR) is 109 cm³/mol. The number of anilines is 2. The predicted octanol–water partition coefficient (Wildman–Crippen LogP) is 2.60. The maximum Gasteiger partial charge on any atom is 0.309 e. The highest BCUT2D eigenvalue weighted by Gasteiger charge is 2.20. The molecule has 0 aliphatic rings. The summed E-state index contributed by atoms with van der Waals surface area (Å²) in [5, 5.41) is 24.5. The summed E-state index contributed by atoms with van der Waals surface area (Å²) in [5.41, 5.74) is 1.27. The lowest BCUT2D eigenvalue weighted by molar-refractivity contribution is -0.385. The van der Waals surface area contributed by atoms with E-state index in [0.29, 0.717) is 23.6 Å². The van der Waals surface area contributed by atoms with Crippen molar-refractivity contribution in [3.05, 3.63) is 64.2 Å². The first kappa shape index (κ1) is 20.7. The fraction of sp³-hybridized carbons (Fsp3) is 0.263. The fourth-order valence-corrected chi connectivity index (χ4v) is 2.82. The van der Waals surface area contributed by atoms with Crippen LogP contribution in [-0.2, 0) is 17.9 Å². The van der Waals surface area contributed by atoms with E-state index in [4.69, 9.17) is 0 Å². The molecule has 2 N–H and O–H groups in total. The lowest BCUT2D eigenvalue weighted by atomic mass is 10.3. The van der Waals surface area contributed by atoms with E-state index in [1.165, 1.54) is 4.68 Å². The number of hydrogen-bond acceptors (Lipinski definition) is 6. The molecule has 0 aliphatic heterocycles. The average molecular weight is 411 g/mol. The van der Waals surface area contributed by atoms with Crippen molar-refractivity contribution in [2.45, 2.75) is 33.4 Å². The summed E-state index contributed by atoms with van der Waals surface area (Å²) in [4.78, 5) is 35.4. The highest BCUT2D eigenvalue weighted by atomic mass is 16.6. The first-order chi connectivity index (χ1) is 14.4. The number of nitro groups is 1. The van der Waals surface area contributed by atoms with E-state index in [9.17, 15) is 19.7 Å². The van der Waals surface area contributed by atoms with Crippen molar-refractivity contribution in [1.82, 2.24) is 19.6 Å². The lowest BCUT2D eigenvalue weighted by Gasteiger charge is -2.07. The van der Waals surface area contributed by atoms with Crippen LogP contribution in [-0.4, -0.2) is 36.3 Å². The van der Waals surface area contributed by atoms with Gasteiger partial charge in [0.25, 0.3) is 5.91 Å². The number of aromatic nitrogens is 4. The molecule has 0 spiro atoms. The minimum atomic E-state index is -0.518. The topological polar surface area (TPSA) is 137 Å². The van der Waals surface area contributed by atoms with Gasteiger partial charge in [0.05, 0.1) is 17.2 Å². The van der Waals surface area contributed by atoms with E-state index in [0.717, 1.165) is 6.20 Å². The van der Waals surface area contributed by atoms with Crippen LogP contribution in [0.4, 0.5) is 17.1 Å². The smallest absolute Gasteiger partial charge is 0.309 e. The van der Waals surface area contributed by atoms with Gasteiger partial charge in [0, 0.05) is 24.8 Å². The Labute approximate surface area is 171 Å². The maximum atomic E-state index is 12.6. The molecule has 2 amide bonds. The largest absolute Gasteiger partial charge is 0.323 e. The van der Waals surface area contributed by atoms with Crippen molar-refractivity contribution in [2.24, 2.45) is 0 Å². The Kier molecular flexibility index (Phi) is 6.20. The highest BCUT2D eigenvalue weighted by molar-refractivity contribution is 6.08. The monoisotopic (exact) mass is 411 g/mol. The molecule has 0 unspecified atom stereocenters. The molecule has 2 heterocycles. The number of para-hydroxylation sites is 1. The van der Waals surface area contributed by atoms with E-state index in [1.54, 1.807) is 42.1 Å². The van der Waals surface area contributed by atoms with Crippen LogP contribution in [0.1, 0.15) is 29.5 Å². The van der Waals surface area contributed by atoms with Crippen molar-refractivity contribution in [2.75, 3.05) is 10.6 Å². The summed E-state index contributed by atoms with van der Waals surface area (Å²) < 4.78 is 2.95. The SMILES string of the molecule is CCn1cc(NC(=O)CCn2ncc([N+](=O)[O-])c2C)c(C(=O)Nc2ccccc2)n1. The molecule has 11 heteroatoms. The van der Waals surface area contributed by atoms with Crippen LogP contribution < -0.4 is 10.6 Å². The molecule has 11 nitrogen and oxygen atoms in total. The van der Waals surface area contributed by atoms with E-state index < -0.39 is 10.8 Å². The summed E-state index contributed by atoms with van der Waals surface area (Å²) in [5.74, 6) is -0.806. The Bertz CT molecular complexity index is 1070. The number of rotatable bonds is 8. The van der Waals surface area contributed by atoms with E-state index in [1.807, 2.05) is 13.0 Å². The van der Waals surface area contributed by atoms with Crippen LogP contribution >= 0.6 is 0 Å². The Morgan fingerprint density at radius 2 is 1.93 bits per heavy atom. The number of nitrogens with one attached hydrogen (secondary N) is 2. The minimum absolute atomic E-state index is 0.0245. The highest BCUT2D eigenvalue weighted by Crippen LogP contribution is 2.18. The zero-order valence-electron chi connectivity index (χ0n) is 16.5. The van der Waals surface area contributed by atoms with Crippen molar-refractivity contribution in [1.29, 1.82) is 0 Å². The standard InChI is InChI=1S/C19H21N7O4/c1-3-24-12-15(18(23-24)19(28)21-14-7-5-4-6-8-14)22-17(27)9-10-25-13(2)16(11-20-25)26(29)30/h4-8,11-12H,3,9-10H2,1-2H3,(H,21,28)(H,22,27). The van der Waals surface area contributed by atoms with Gasteiger partial charge in [0.1, 0.15) is 11.9 Å². The van der Waals surface area contributed by atoms with Gasteiger partial charge in [-0.25, -0.2) is 0 Å². The van der Waals surface area contributed by atoms with Crippen LogP contribution in [0.2, 0.25) is 0 Å². The van der Waals surface area contributed by atoms with E-state index in [-0.39, 0.29) is 30.3 Å². The molecule has 156 valence electrons. The van der Waals surface area contributed by atoms with E-state index >= 15 is 0 Å². The van der Waals surface area contributed by atoms with Crippen LogP contribution in [0.15, 0.2) is 42.7 Å². The summed E-state index contributed by atoms with van der Waals surface area (Å²) in [6, 6.07) is 8.93. The van der Waals surface area contributed by atoms with Crippen LogP contribution in [0.3, 0.4) is 0 Å². The molecule has 30 heavy (non-hydrogen) atoms. The van der Waals surface area contributed by atoms with Crippen molar-refractivity contribution in [3.63, 3.8) is 0 Å². The first-order valence-electron chi connectivity index (χ1n) is 9.29. The third-order valence-electron chi connectivity index (χ3n) is 4.43. The maximum absolute atomic E-state index is 12.6. The lowest BCUT2D eigenvalue weighted by Crippen LogP contribution is -2.19. The molecule has 0 bridgehead atoms. The number of benzene rings is 1. The Balaban J connectivity index is 1.68. The van der Waals surface area contributed by atoms with Crippen LogP contribution in [0.25, 0.3) is 0 Å². The second-order valence-electron chi connectivity index (χ2n) is 6.46. The van der Waals surface area contributed by atoms with E-state index in [2.05, 4.69) is 20.8 Å². The number of amides is 2. The molecule has 0 saturated carbocycles. The molecule has 0 radical (unpaired) electrons. The molecule has 0 fully saturated rings. The second-order valence-corrected chi connectivity index (χ2v) is 6.46. The third-order valence-corrected chi connectivity index (χ3v) is 4.43. The molecule has 1 aromatic carbocycles. The molecule has 0 saturated heterocycles. The molecule has 2 aromatic heterocycles. The number of carbonyl (C=O) groups excluding carboxylic acids is 2. The van der Waals surface area contributed by atoms with Gasteiger partial charge in [0.15, 0.2) is 5.69 Å². The Morgan fingerprint density at radius 3 is 2.57 bits per heavy atom. The molecular weight excluding hydrogens is 390 g/mol. The second kappa shape index (κ2) is 8.99. The molecule has 3 aromatic rings. The summed E-state index contributed by atoms with van der Waals surface area (Å²) >= 11 is 0. The van der Waals surface area contributed by atoms with Gasteiger partial charge < -0.3 is 10.6 Å². The van der Waals surface area contributed by atoms with Gasteiger partial charge in [-0.15, -0.1) is 0 Å². The number of aryl methyl sites for hydroxylation is 2. The summed E-state index contributed by atoms with van der Waals surface area (Å²) in [7, 11) is 0. The van der Waals surface area contributed by atoms with Gasteiger partial charge in [-0.2, -0.15) is 10.2 Å². The van der Waals surface area contributed by atoms with Gasteiger partial charge in [-0.3, -0.25) is 29.1 Å². The van der Waals surface area contributed by atoms with Crippen molar-refractivity contribution >= 4 is 28.9 Å². The van der Waals surface area contributed by atoms with Crippen molar-refractivity contribution < 1.29 is 14.5 Å². The van der Waals surface area contributed by atoms with Crippen molar-refractivity contribution in [3.8, 4) is 0 Å². The molecule has 0 aliphatic carbocycles. The molecular formula is C19H21N7O4. The third kappa shape index (κ3) is 4.69. The van der Waals surface area contributed by atoms with Gasteiger partial charge in [0.2, 0.25) is 5.91 Å². The van der Waals surface area contributed by atoms with Crippen LogP contribution in [0, 0.1) is 17.0 Å². The normalized spacial score (nSPS) is 10.6. The fourth-order valence-electron chi connectivity index (χ4n) is 2.82.